The Bertz CT molecular complexity index is 1760. The van der Waals surface area contributed by atoms with Crippen LogP contribution in [0.2, 0.25) is 0 Å². The lowest BCUT2D eigenvalue weighted by Gasteiger charge is -2.42. The number of aromatic nitrogens is 2. The Morgan fingerprint density at radius 2 is 1.13 bits per heavy atom. The number of hydrogen-bond acceptors (Lipinski definition) is 3. The first-order chi connectivity index (χ1) is 24.1. The van der Waals surface area contributed by atoms with Crippen LogP contribution in [0.25, 0.3) is 22.5 Å². The lowest BCUT2D eigenvalue weighted by atomic mass is 9.87. The number of fused-ring (bicyclic) bond motifs is 1. The number of halogens is 18. The van der Waals surface area contributed by atoms with Crippen LogP contribution < -0.4 is 4.74 Å². The second-order valence-electron chi connectivity index (χ2n) is 12.1. The number of ether oxygens (including phenoxy) is 1. The van der Waals surface area contributed by atoms with Gasteiger partial charge in [0.1, 0.15) is 17.1 Å². The first kappa shape index (κ1) is 41.8. The molecular formula is C32H24F18N2O. The molecule has 1 aromatic heterocycles. The fourth-order valence-corrected chi connectivity index (χ4v) is 5.33. The summed E-state index contributed by atoms with van der Waals surface area (Å²) in [6.07, 6.45) is -4.79. The third-order valence-corrected chi connectivity index (χ3v) is 8.44. The molecule has 3 aromatic rings. The zero-order valence-electron chi connectivity index (χ0n) is 26.5. The summed E-state index contributed by atoms with van der Waals surface area (Å²) in [6.45, 7) is 2.08. The molecule has 1 atom stereocenters. The Morgan fingerprint density at radius 1 is 0.623 bits per heavy atom. The van der Waals surface area contributed by atoms with Gasteiger partial charge >= 0.3 is 47.6 Å². The van der Waals surface area contributed by atoms with Gasteiger partial charge in [-0.05, 0) is 36.1 Å². The highest BCUT2D eigenvalue weighted by molar-refractivity contribution is 5.66. The largest absolute Gasteiger partial charge is 0.476 e. The highest BCUT2D eigenvalue weighted by Crippen LogP contribution is 2.65. The fraction of sp³-hybridized carbons (Fsp3) is 0.500. The maximum Gasteiger partial charge on any atom is 0.460 e. The normalized spacial score (nSPS) is 17.2. The van der Waals surface area contributed by atoms with E-state index in [1.807, 2.05) is 0 Å². The van der Waals surface area contributed by atoms with Crippen molar-refractivity contribution in [3.63, 3.8) is 0 Å². The van der Waals surface area contributed by atoms with Gasteiger partial charge < -0.3 is 4.74 Å². The molecule has 0 spiro atoms. The van der Waals surface area contributed by atoms with Crippen molar-refractivity contribution in [2.45, 2.75) is 99.2 Å². The highest BCUT2D eigenvalue weighted by Gasteiger charge is 2.94. The molecule has 3 nitrogen and oxygen atoms in total. The zero-order valence-corrected chi connectivity index (χ0v) is 26.5. The van der Waals surface area contributed by atoms with E-state index >= 15 is 13.2 Å². The lowest BCUT2D eigenvalue weighted by molar-refractivity contribution is -0.457. The molecule has 53 heavy (non-hydrogen) atoms. The van der Waals surface area contributed by atoms with Crippen molar-refractivity contribution in [2.75, 3.05) is 0 Å². The van der Waals surface area contributed by atoms with Crippen molar-refractivity contribution in [3.05, 3.63) is 65.7 Å². The van der Waals surface area contributed by atoms with Gasteiger partial charge in [-0.1, -0.05) is 56.9 Å². The maximum atomic E-state index is 15.4. The van der Waals surface area contributed by atoms with Gasteiger partial charge in [0, 0.05) is 18.0 Å². The zero-order chi connectivity index (χ0) is 40.2. The average molecular weight is 795 g/mol. The predicted molar refractivity (Wildman–Crippen MR) is 149 cm³/mol. The molecule has 2 aromatic carbocycles. The number of aryl methyl sites for hydroxylation is 1. The number of hydrogen-bond donors (Lipinski definition) is 0. The lowest BCUT2D eigenvalue weighted by Crippen LogP contribution is -2.74. The van der Waals surface area contributed by atoms with Gasteiger partial charge in [-0.15, -0.1) is 0 Å². The molecule has 0 saturated heterocycles. The second-order valence-corrected chi connectivity index (χ2v) is 12.1. The molecule has 21 heteroatoms. The molecule has 0 radical (unpaired) electrons. The quantitative estimate of drug-likeness (QED) is 0.120. The van der Waals surface area contributed by atoms with E-state index in [0.29, 0.717) is 17.2 Å². The van der Waals surface area contributed by atoms with Crippen LogP contribution in [0, 0.1) is 5.82 Å². The van der Waals surface area contributed by atoms with Gasteiger partial charge in [0.05, 0.1) is 5.56 Å². The van der Waals surface area contributed by atoms with Crippen LogP contribution >= 0.6 is 0 Å². The van der Waals surface area contributed by atoms with Crippen LogP contribution in [0.4, 0.5) is 79.0 Å². The number of unbranched alkanes of at least 4 members (excludes halogenated alkanes) is 4. The summed E-state index contributed by atoms with van der Waals surface area (Å²) in [5.41, 5.74) is -1.59. The molecule has 1 aliphatic rings. The summed E-state index contributed by atoms with van der Waals surface area (Å²) in [6, 6.07) is 7.65. The third-order valence-electron chi connectivity index (χ3n) is 8.44. The molecule has 0 N–H and O–H groups in total. The first-order valence-corrected chi connectivity index (χ1v) is 15.3. The van der Waals surface area contributed by atoms with Gasteiger partial charge in [-0.3, -0.25) is 0 Å². The Hall–Kier alpha value is -3.94. The molecular weight excluding hydrogens is 770 g/mol. The van der Waals surface area contributed by atoms with Crippen LogP contribution in [0.1, 0.15) is 50.2 Å². The number of rotatable bonds is 14. The fourth-order valence-electron chi connectivity index (χ4n) is 5.33. The minimum atomic E-state index is -8.70. The molecule has 0 bridgehead atoms. The minimum absolute atomic E-state index is 0.193. The number of alkyl halides is 17. The summed E-state index contributed by atoms with van der Waals surface area (Å²) in [5, 5.41) is 0. The van der Waals surface area contributed by atoms with E-state index in [1.165, 1.54) is 0 Å². The van der Waals surface area contributed by atoms with Gasteiger partial charge in [-0.25, -0.2) is 14.4 Å². The Morgan fingerprint density at radius 3 is 1.66 bits per heavy atom. The van der Waals surface area contributed by atoms with E-state index < -0.39 is 82.3 Å². The van der Waals surface area contributed by atoms with Crippen molar-refractivity contribution >= 4 is 0 Å². The van der Waals surface area contributed by atoms with E-state index in [9.17, 15) is 65.9 Å². The Balaban J connectivity index is 1.62. The minimum Gasteiger partial charge on any atom is -0.476 e. The SMILES string of the molecule is CCCCCCCc1ccc(-c2cnc(-c3ccc4c(c3F)C(F)(F)C(C(F)(F)C(F)(F)C(F)(F)C(F)(F)C(F)(F)C(F)(F)C(F)(F)F)O4)nc2)cc1. The standard InChI is InChI=1S/C32H24F18N2O/c1-2-3-4-5-6-7-16-8-10-17(11-9-16)18-14-51-23(52-15-18)19-12-13-20-21(22(19)33)25(34,35)24(53-20)26(36,37)27(38,39)28(40,41)29(42,43)30(44,45)31(46,47)32(48,49)50/h8-15,24H,2-7H2,1H3. The van der Waals surface area contributed by atoms with Crippen molar-refractivity contribution in [1.82, 2.24) is 9.97 Å². The number of benzene rings is 2. The van der Waals surface area contributed by atoms with Crippen LogP contribution in [-0.4, -0.2) is 57.8 Å². The van der Waals surface area contributed by atoms with Crippen molar-refractivity contribution in [3.8, 4) is 28.3 Å². The predicted octanol–water partition coefficient (Wildman–Crippen LogP) is 11.7. The molecule has 2 heterocycles. The average Bonchev–Trinajstić information content (AvgIpc) is 3.35. The van der Waals surface area contributed by atoms with E-state index in [2.05, 4.69) is 21.6 Å². The molecule has 0 amide bonds. The van der Waals surface area contributed by atoms with Gasteiger partial charge in [-0.2, -0.15) is 74.6 Å². The van der Waals surface area contributed by atoms with Crippen LogP contribution in [0.15, 0.2) is 48.8 Å². The second kappa shape index (κ2) is 13.7. The summed E-state index contributed by atoms with van der Waals surface area (Å²) >= 11 is 0. The Kier molecular flexibility index (Phi) is 10.8. The molecule has 1 aliphatic heterocycles. The van der Waals surface area contributed by atoms with E-state index in [-0.39, 0.29) is 6.07 Å². The molecule has 0 fully saturated rings. The van der Waals surface area contributed by atoms with E-state index in [4.69, 9.17) is 0 Å². The van der Waals surface area contributed by atoms with Gasteiger partial charge in [0.15, 0.2) is 5.82 Å². The summed E-state index contributed by atoms with van der Waals surface area (Å²) in [7, 11) is 0. The summed E-state index contributed by atoms with van der Waals surface area (Å²) in [4.78, 5) is 7.57. The smallest absolute Gasteiger partial charge is 0.460 e. The summed E-state index contributed by atoms with van der Waals surface area (Å²) < 4.78 is 255. The molecule has 0 saturated carbocycles. The number of nitrogens with zero attached hydrogens (tertiary/aromatic N) is 2. The first-order valence-electron chi connectivity index (χ1n) is 15.3. The Labute approximate surface area is 287 Å². The van der Waals surface area contributed by atoms with Crippen molar-refractivity contribution < 1.29 is 83.8 Å². The van der Waals surface area contributed by atoms with E-state index in [1.54, 1.807) is 24.3 Å². The maximum absolute atomic E-state index is 15.4. The monoisotopic (exact) mass is 794 g/mol. The van der Waals surface area contributed by atoms with E-state index in [0.717, 1.165) is 56.5 Å². The van der Waals surface area contributed by atoms with Crippen molar-refractivity contribution in [1.29, 1.82) is 0 Å². The molecule has 1 unspecified atom stereocenters. The topological polar surface area (TPSA) is 35.0 Å². The highest BCUT2D eigenvalue weighted by atomic mass is 19.4. The van der Waals surface area contributed by atoms with Crippen LogP contribution in [0.3, 0.4) is 0 Å². The third kappa shape index (κ3) is 6.62. The molecule has 294 valence electrons. The van der Waals surface area contributed by atoms with Gasteiger partial charge in [0.2, 0.25) is 6.10 Å². The molecule has 4 rings (SSSR count). The van der Waals surface area contributed by atoms with Crippen LogP contribution in [0.5, 0.6) is 5.75 Å². The van der Waals surface area contributed by atoms with Gasteiger partial charge in [0.25, 0.3) is 0 Å². The van der Waals surface area contributed by atoms with Crippen molar-refractivity contribution in [2.24, 2.45) is 0 Å². The van der Waals surface area contributed by atoms with Crippen LogP contribution in [-0.2, 0) is 12.3 Å². The summed E-state index contributed by atoms with van der Waals surface area (Å²) in [5.74, 6) is -60.7. The molecule has 0 aliphatic carbocycles.